The Kier molecular flexibility index (Phi) is 5.86. The van der Waals surface area contributed by atoms with Crippen molar-refractivity contribution in [2.45, 2.75) is 38.0 Å². The second kappa shape index (κ2) is 8.49. The zero-order valence-electron chi connectivity index (χ0n) is 14.7. The largest absolute Gasteiger partial charge is 0.192 e. The van der Waals surface area contributed by atoms with E-state index in [1.54, 1.807) is 0 Å². The zero-order chi connectivity index (χ0) is 17.5. The molecule has 2 aromatic carbocycles. The van der Waals surface area contributed by atoms with Crippen LogP contribution in [0.3, 0.4) is 0 Å². The van der Waals surface area contributed by atoms with Crippen LogP contribution in [0.1, 0.15) is 49.1 Å². The van der Waals surface area contributed by atoms with E-state index in [-0.39, 0.29) is 0 Å². The molecule has 0 unspecified atom stereocenters. The van der Waals surface area contributed by atoms with Gasteiger partial charge in [0.05, 0.1) is 11.6 Å². The molecule has 0 N–H and O–H groups in total. The van der Waals surface area contributed by atoms with Crippen LogP contribution in [0.4, 0.5) is 0 Å². The number of nitrogens with zero attached hydrogens (tertiary/aromatic N) is 1. The number of hydrogen-bond donors (Lipinski definition) is 0. The third kappa shape index (κ3) is 4.48. The standard InChI is InChI=1S/C24H25N/c1-2-3-4-5-19-6-10-21(11-7-19)23-14-16-24(17-15-23)22-12-8-20(18-25)9-13-22/h2-4,8-9,12-17,19,21H,1,5-7,10-11H2/b4-3-. The van der Waals surface area contributed by atoms with E-state index in [1.165, 1.54) is 48.8 Å². The van der Waals surface area contributed by atoms with Gasteiger partial charge in [0.2, 0.25) is 0 Å². The molecule has 0 spiro atoms. The minimum Gasteiger partial charge on any atom is -0.192 e. The lowest BCUT2D eigenvalue weighted by Crippen LogP contribution is -2.12. The number of benzene rings is 2. The first-order chi connectivity index (χ1) is 12.3. The fraction of sp³-hybridized carbons (Fsp3) is 0.292. The van der Waals surface area contributed by atoms with Crippen LogP contribution in [0.15, 0.2) is 73.3 Å². The second-order valence-electron chi connectivity index (χ2n) is 6.93. The molecule has 25 heavy (non-hydrogen) atoms. The third-order valence-electron chi connectivity index (χ3n) is 5.32. The van der Waals surface area contributed by atoms with E-state index in [4.69, 9.17) is 5.26 Å². The third-order valence-corrected chi connectivity index (χ3v) is 5.32. The number of nitriles is 1. The summed E-state index contributed by atoms with van der Waals surface area (Å²) in [6.45, 7) is 3.73. The summed E-state index contributed by atoms with van der Waals surface area (Å²) in [7, 11) is 0. The van der Waals surface area contributed by atoms with Gasteiger partial charge >= 0.3 is 0 Å². The van der Waals surface area contributed by atoms with Crippen LogP contribution < -0.4 is 0 Å². The first-order valence-electron chi connectivity index (χ1n) is 9.18. The molecule has 126 valence electrons. The summed E-state index contributed by atoms with van der Waals surface area (Å²) >= 11 is 0. The van der Waals surface area contributed by atoms with Crippen LogP contribution in [0.2, 0.25) is 0 Å². The Labute approximate surface area is 151 Å². The summed E-state index contributed by atoms with van der Waals surface area (Å²) in [5.41, 5.74) is 4.57. The Morgan fingerprint density at radius 2 is 1.52 bits per heavy atom. The molecular weight excluding hydrogens is 302 g/mol. The molecule has 0 amide bonds. The number of hydrogen-bond acceptors (Lipinski definition) is 1. The molecule has 0 saturated heterocycles. The molecule has 0 bridgehead atoms. The van der Waals surface area contributed by atoms with Gasteiger partial charge in [-0.05, 0) is 72.8 Å². The van der Waals surface area contributed by atoms with Gasteiger partial charge in [-0.3, -0.25) is 0 Å². The van der Waals surface area contributed by atoms with Crippen molar-refractivity contribution in [2.24, 2.45) is 5.92 Å². The van der Waals surface area contributed by atoms with E-state index in [0.717, 1.165) is 5.92 Å². The highest BCUT2D eigenvalue weighted by atomic mass is 14.3. The highest BCUT2D eigenvalue weighted by Crippen LogP contribution is 2.37. The molecule has 1 nitrogen and oxygen atoms in total. The number of allylic oxidation sites excluding steroid dienone is 3. The van der Waals surface area contributed by atoms with Crippen molar-refractivity contribution in [3.8, 4) is 17.2 Å². The maximum Gasteiger partial charge on any atom is 0.0991 e. The van der Waals surface area contributed by atoms with Crippen molar-refractivity contribution < 1.29 is 0 Å². The second-order valence-corrected chi connectivity index (χ2v) is 6.93. The smallest absolute Gasteiger partial charge is 0.0991 e. The van der Waals surface area contributed by atoms with Crippen molar-refractivity contribution in [1.29, 1.82) is 5.26 Å². The van der Waals surface area contributed by atoms with Crippen molar-refractivity contribution in [3.05, 3.63) is 84.5 Å². The van der Waals surface area contributed by atoms with Gasteiger partial charge in [-0.25, -0.2) is 0 Å². The molecule has 0 heterocycles. The molecule has 1 aliphatic rings. The average molecular weight is 327 g/mol. The van der Waals surface area contributed by atoms with E-state index in [0.29, 0.717) is 11.5 Å². The molecule has 0 aromatic heterocycles. The molecule has 1 aliphatic carbocycles. The van der Waals surface area contributed by atoms with Gasteiger partial charge in [-0.1, -0.05) is 61.2 Å². The van der Waals surface area contributed by atoms with Gasteiger partial charge in [0, 0.05) is 0 Å². The van der Waals surface area contributed by atoms with Gasteiger partial charge in [0.25, 0.3) is 0 Å². The maximum atomic E-state index is 8.90. The Morgan fingerprint density at radius 3 is 2.08 bits per heavy atom. The van der Waals surface area contributed by atoms with Gasteiger partial charge in [0.1, 0.15) is 0 Å². The molecule has 3 rings (SSSR count). The normalized spacial score (nSPS) is 20.3. The van der Waals surface area contributed by atoms with Crippen LogP contribution in [-0.4, -0.2) is 0 Å². The van der Waals surface area contributed by atoms with Gasteiger partial charge in [0.15, 0.2) is 0 Å². The van der Waals surface area contributed by atoms with Gasteiger partial charge < -0.3 is 0 Å². The van der Waals surface area contributed by atoms with Crippen LogP contribution in [0.5, 0.6) is 0 Å². The summed E-state index contributed by atoms with van der Waals surface area (Å²) in [4.78, 5) is 0. The van der Waals surface area contributed by atoms with E-state index < -0.39 is 0 Å². The minimum atomic E-state index is 0.703. The van der Waals surface area contributed by atoms with Crippen LogP contribution in [0, 0.1) is 17.2 Å². The Hall–Kier alpha value is -2.59. The van der Waals surface area contributed by atoms with Gasteiger partial charge in [-0.2, -0.15) is 5.26 Å². The fourth-order valence-corrected chi connectivity index (χ4v) is 3.78. The maximum absolute atomic E-state index is 8.90. The zero-order valence-corrected chi connectivity index (χ0v) is 14.7. The highest BCUT2D eigenvalue weighted by molar-refractivity contribution is 5.64. The van der Waals surface area contributed by atoms with Gasteiger partial charge in [-0.15, -0.1) is 0 Å². The van der Waals surface area contributed by atoms with Crippen molar-refractivity contribution in [2.75, 3.05) is 0 Å². The first kappa shape index (κ1) is 17.2. The summed E-state index contributed by atoms with van der Waals surface area (Å²) in [5, 5.41) is 8.90. The molecule has 0 radical (unpaired) electrons. The topological polar surface area (TPSA) is 23.8 Å². The Balaban J connectivity index is 1.60. The SMILES string of the molecule is C=C/C=C\CC1CCC(c2ccc(-c3ccc(C#N)cc3)cc2)CC1. The monoisotopic (exact) mass is 327 g/mol. The lowest BCUT2D eigenvalue weighted by Gasteiger charge is -2.28. The molecule has 1 fully saturated rings. The summed E-state index contributed by atoms with van der Waals surface area (Å²) in [6, 6.07) is 19.0. The van der Waals surface area contributed by atoms with Crippen molar-refractivity contribution >= 4 is 0 Å². The molecule has 1 saturated carbocycles. The first-order valence-corrected chi connectivity index (χ1v) is 9.18. The summed E-state index contributed by atoms with van der Waals surface area (Å²) < 4.78 is 0. The lowest BCUT2D eigenvalue weighted by atomic mass is 9.77. The number of rotatable bonds is 5. The molecule has 0 atom stereocenters. The summed E-state index contributed by atoms with van der Waals surface area (Å²) in [5.74, 6) is 1.54. The van der Waals surface area contributed by atoms with Crippen molar-refractivity contribution in [3.63, 3.8) is 0 Å². The summed E-state index contributed by atoms with van der Waals surface area (Å²) in [6.07, 6.45) is 12.6. The Bertz CT molecular complexity index is 751. The average Bonchev–Trinajstić information content (AvgIpc) is 2.69. The van der Waals surface area contributed by atoms with Crippen LogP contribution in [0.25, 0.3) is 11.1 Å². The van der Waals surface area contributed by atoms with E-state index in [9.17, 15) is 0 Å². The predicted molar refractivity (Wildman–Crippen MR) is 105 cm³/mol. The van der Waals surface area contributed by atoms with E-state index in [2.05, 4.69) is 49.1 Å². The predicted octanol–water partition coefficient (Wildman–Crippen LogP) is 6.63. The lowest BCUT2D eigenvalue weighted by molar-refractivity contribution is 0.328. The van der Waals surface area contributed by atoms with Crippen LogP contribution in [-0.2, 0) is 0 Å². The van der Waals surface area contributed by atoms with Crippen LogP contribution >= 0.6 is 0 Å². The highest BCUT2D eigenvalue weighted by Gasteiger charge is 2.21. The van der Waals surface area contributed by atoms with E-state index in [1.807, 2.05) is 30.3 Å². The van der Waals surface area contributed by atoms with E-state index >= 15 is 0 Å². The Morgan fingerprint density at radius 1 is 0.920 bits per heavy atom. The quantitative estimate of drug-likeness (QED) is 0.565. The molecule has 1 heteroatoms. The molecule has 2 aromatic rings. The van der Waals surface area contributed by atoms with Crippen molar-refractivity contribution in [1.82, 2.24) is 0 Å². The molecular formula is C24H25N. The minimum absolute atomic E-state index is 0.703. The fourth-order valence-electron chi connectivity index (χ4n) is 3.78. The molecule has 0 aliphatic heterocycles.